The fourth-order valence-electron chi connectivity index (χ4n) is 4.35. The number of nitrogens with zero attached hydrogens (tertiary/aromatic N) is 1. The molecule has 1 saturated heterocycles. The molecule has 0 atom stereocenters. The minimum atomic E-state index is 0. The fraction of sp³-hybridized carbons (Fsp3) is 0.280. The van der Waals surface area contributed by atoms with Crippen LogP contribution in [0.5, 0.6) is 0 Å². The van der Waals surface area contributed by atoms with Gasteiger partial charge in [0.2, 0.25) is 0 Å². The van der Waals surface area contributed by atoms with Crippen molar-refractivity contribution in [1.82, 2.24) is 4.90 Å². The second kappa shape index (κ2) is 9.21. The quantitative estimate of drug-likeness (QED) is 0.548. The summed E-state index contributed by atoms with van der Waals surface area (Å²) in [5, 5.41) is 0. The smallest absolute Gasteiger partial charge is 0.0227 e. The van der Waals surface area contributed by atoms with Gasteiger partial charge in [0, 0.05) is 12.0 Å². The molecule has 0 saturated carbocycles. The second-order valence-electron chi connectivity index (χ2n) is 7.39. The van der Waals surface area contributed by atoms with Gasteiger partial charge in [0.25, 0.3) is 0 Å². The Kier molecular flexibility index (Phi) is 6.71. The van der Waals surface area contributed by atoms with E-state index in [0.29, 0.717) is 0 Å². The Bertz CT molecular complexity index is 752. The highest BCUT2D eigenvalue weighted by atomic mass is 35.5. The lowest BCUT2D eigenvalue weighted by atomic mass is 9.68. The molecule has 0 unspecified atom stereocenters. The highest BCUT2D eigenvalue weighted by molar-refractivity contribution is 5.85. The second-order valence-corrected chi connectivity index (χ2v) is 7.39. The predicted octanol–water partition coefficient (Wildman–Crippen LogP) is 5.73. The summed E-state index contributed by atoms with van der Waals surface area (Å²) in [4.78, 5) is 2.64. The summed E-state index contributed by atoms with van der Waals surface area (Å²) in [5.74, 6) is 0. The first-order valence-electron chi connectivity index (χ1n) is 9.74. The summed E-state index contributed by atoms with van der Waals surface area (Å²) >= 11 is 0. The maximum absolute atomic E-state index is 2.64. The molecule has 27 heavy (non-hydrogen) atoms. The van der Waals surface area contributed by atoms with E-state index >= 15 is 0 Å². The van der Waals surface area contributed by atoms with Crippen molar-refractivity contribution in [3.05, 3.63) is 108 Å². The van der Waals surface area contributed by atoms with Crippen LogP contribution in [0.15, 0.2) is 91.0 Å². The van der Waals surface area contributed by atoms with Gasteiger partial charge in [-0.2, -0.15) is 0 Å². The molecular formula is C25H28ClN. The Morgan fingerprint density at radius 3 is 1.56 bits per heavy atom. The van der Waals surface area contributed by atoms with Gasteiger partial charge in [0.1, 0.15) is 0 Å². The van der Waals surface area contributed by atoms with Crippen LogP contribution in [0.1, 0.15) is 29.5 Å². The third-order valence-corrected chi connectivity index (χ3v) is 5.92. The largest absolute Gasteiger partial charge is 0.303 e. The van der Waals surface area contributed by atoms with Crippen molar-refractivity contribution >= 4 is 12.4 Å². The van der Waals surface area contributed by atoms with Crippen molar-refractivity contribution in [3.63, 3.8) is 0 Å². The lowest BCUT2D eigenvalue weighted by Crippen LogP contribution is -2.44. The zero-order valence-electron chi connectivity index (χ0n) is 15.8. The summed E-state index contributed by atoms with van der Waals surface area (Å²) in [6.07, 6.45) is 3.52. The molecule has 1 nitrogen and oxygen atoms in total. The molecule has 3 aromatic carbocycles. The molecule has 1 heterocycles. The average Bonchev–Trinajstić information content (AvgIpc) is 2.75. The van der Waals surface area contributed by atoms with Gasteiger partial charge in [-0.3, -0.25) is 0 Å². The first kappa shape index (κ1) is 19.7. The standard InChI is InChI=1S/C25H27N.ClH/c1-4-10-22(11-5-1)16-19-26-20-17-25(18-21-26,23-12-6-2-7-13-23)24-14-8-3-9-15-24;/h1-15H,16-21H2;1H. The van der Waals surface area contributed by atoms with Gasteiger partial charge in [0.15, 0.2) is 0 Å². The van der Waals surface area contributed by atoms with Crippen LogP contribution in [-0.2, 0) is 11.8 Å². The highest BCUT2D eigenvalue weighted by Gasteiger charge is 2.37. The van der Waals surface area contributed by atoms with E-state index in [4.69, 9.17) is 0 Å². The van der Waals surface area contributed by atoms with Gasteiger partial charge >= 0.3 is 0 Å². The first-order chi connectivity index (χ1) is 12.9. The van der Waals surface area contributed by atoms with Gasteiger partial charge in [-0.25, -0.2) is 0 Å². The van der Waals surface area contributed by atoms with Crippen LogP contribution in [-0.4, -0.2) is 24.5 Å². The molecule has 0 spiro atoms. The molecule has 0 aromatic heterocycles. The van der Waals surface area contributed by atoms with Gasteiger partial charge < -0.3 is 4.90 Å². The van der Waals surface area contributed by atoms with Gasteiger partial charge in [0.05, 0.1) is 0 Å². The lowest BCUT2D eigenvalue weighted by Gasteiger charge is -2.43. The Labute approximate surface area is 169 Å². The van der Waals surface area contributed by atoms with Gasteiger partial charge in [-0.05, 0) is 49.0 Å². The molecule has 3 aromatic rings. The van der Waals surface area contributed by atoms with Crippen LogP contribution in [0.2, 0.25) is 0 Å². The third kappa shape index (κ3) is 4.43. The van der Waals surface area contributed by atoms with Crippen molar-refractivity contribution in [2.75, 3.05) is 19.6 Å². The summed E-state index contributed by atoms with van der Waals surface area (Å²) in [5.41, 5.74) is 4.53. The van der Waals surface area contributed by atoms with E-state index in [9.17, 15) is 0 Å². The van der Waals surface area contributed by atoms with Crippen molar-refractivity contribution in [2.45, 2.75) is 24.7 Å². The number of rotatable bonds is 5. The van der Waals surface area contributed by atoms with E-state index in [0.717, 1.165) is 26.1 Å². The SMILES string of the molecule is Cl.c1ccc(CCN2CCC(c3ccccc3)(c3ccccc3)CC2)cc1. The van der Waals surface area contributed by atoms with Crippen LogP contribution in [0.4, 0.5) is 0 Å². The van der Waals surface area contributed by atoms with Crippen LogP contribution < -0.4 is 0 Å². The van der Waals surface area contributed by atoms with Crippen molar-refractivity contribution in [2.24, 2.45) is 0 Å². The third-order valence-electron chi connectivity index (χ3n) is 5.92. The Morgan fingerprint density at radius 1 is 0.630 bits per heavy atom. The number of benzene rings is 3. The molecular weight excluding hydrogens is 350 g/mol. The Hall–Kier alpha value is -2.09. The van der Waals surface area contributed by atoms with Crippen LogP contribution in [0.3, 0.4) is 0 Å². The number of halogens is 1. The topological polar surface area (TPSA) is 3.24 Å². The van der Waals surface area contributed by atoms with Crippen LogP contribution in [0, 0.1) is 0 Å². The Balaban J connectivity index is 0.00000210. The number of piperidine rings is 1. The van der Waals surface area contributed by atoms with Gasteiger partial charge in [-0.15, -0.1) is 12.4 Å². The van der Waals surface area contributed by atoms with Crippen molar-refractivity contribution in [1.29, 1.82) is 0 Å². The van der Waals surface area contributed by atoms with E-state index in [1.165, 1.54) is 29.5 Å². The minimum absolute atomic E-state index is 0. The van der Waals surface area contributed by atoms with E-state index in [2.05, 4.69) is 95.9 Å². The number of hydrogen-bond donors (Lipinski definition) is 0. The van der Waals surface area contributed by atoms with Crippen LogP contribution in [0.25, 0.3) is 0 Å². The number of likely N-dealkylation sites (tertiary alicyclic amines) is 1. The fourth-order valence-corrected chi connectivity index (χ4v) is 4.35. The van der Waals surface area contributed by atoms with Crippen LogP contribution >= 0.6 is 12.4 Å². The molecule has 2 heteroatoms. The normalized spacial score (nSPS) is 16.4. The summed E-state index contributed by atoms with van der Waals surface area (Å²) < 4.78 is 0. The molecule has 1 fully saturated rings. The molecule has 0 bridgehead atoms. The Morgan fingerprint density at radius 2 is 1.07 bits per heavy atom. The highest BCUT2D eigenvalue weighted by Crippen LogP contribution is 2.41. The lowest BCUT2D eigenvalue weighted by molar-refractivity contribution is 0.181. The van der Waals surface area contributed by atoms with E-state index in [1.54, 1.807) is 0 Å². The molecule has 0 N–H and O–H groups in total. The number of hydrogen-bond acceptors (Lipinski definition) is 1. The summed E-state index contributed by atoms with van der Waals surface area (Å²) in [7, 11) is 0. The molecule has 1 aliphatic rings. The van der Waals surface area contributed by atoms with Crippen molar-refractivity contribution in [3.8, 4) is 0 Å². The first-order valence-corrected chi connectivity index (χ1v) is 9.74. The average molecular weight is 378 g/mol. The maximum Gasteiger partial charge on any atom is 0.0227 e. The predicted molar refractivity (Wildman–Crippen MR) is 117 cm³/mol. The van der Waals surface area contributed by atoms with E-state index < -0.39 is 0 Å². The maximum atomic E-state index is 2.64. The molecule has 4 rings (SSSR count). The van der Waals surface area contributed by atoms with Crippen molar-refractivity contribution < 1.29 is 0 Å². The minimum Gasteiger partial charge on any atom is -0.303 e. The zero-order chi connectivity index (χ0) is 17.7. The summed E-state index contributed by atoms with van der Waals surface area (Å²) in [6.45, 7) is 3.48. The monoisotopic (exact) mass is 377 g/mol. The molecule has 0 aliphatic carbocycles. The molecule has 0 amide bonds. The van der Waals surface area contributed by atoms with E-state index in [1.807, 2.05) is 0 Å². The molecule has 140 valence electrons. The van der Waals surface area contributed by atoms with E-state index in [-0.39, 0.29) is 17.8 Å². The molecule has 1 aliphatic heterocycles. The van der Waals surface area contributed by atoms with Gasteiger partial charge in [-0.1, -0.05) is 91.0 Å². The zero-order valence-corrected chi connectivity index (χ0v) is 16.6. The molecule has 0 radical (unpaired) electrons. The summed E-state index contributed by atoms with van der Waals surface area (Å²) in [6, 6.07) is 33.1.